The van der Waals surface area contributed by atoms with Crippen LogP contribution in [0.25, 0.3) is 0 Å². The van der Waals surface area contributed by atoms with Crippen molar-refractivity contribution in [2.45, 2.75) is 26.4 Å². The van der Waals surface area contributed by atoms with E-state index in [0.717, 1.165) is 19.5 Å². The number of nitrogens with one attached hydrogen (secondary N) is 1. The van der Waals surface area contributed by atoms with Gasteiger partial charge in [-0.3, -0.25) is 9.98 Å². The first kappa shape index (κ1) is 7.92. The van der Waals surface area contributed by atoms with Crippen molar-refractivity contribution in [3.05, 3.63) is 0 Å². The van der Waals surface area contributed by atoms with Crippen molar-refractivity contribution in [2.24, 2.45) is 15.9 Å². The number of hydrogen-bond donors (Lipinski definition) is 1. The summed E-state index contributed by atoms with van der Waals surface area (Å²) in [6, 6.07) is 0. The molecule has 0 amide bonds. The van der Waals surface area contributed by atoms with Crippen molar-refractivity contribution in [2.75, 3.05) is 13.1 Å². The average Bonchev–Trinajstić information content (AvgIpc) is 2.46. The molecule has 0 radical (unpaired) electrons. The normalized spacial score (nSPS) is 28.4. The number of hydrogen-bond acceptors (Lipinski definition) is 3. The van der Waals surface area contributed by atoms with Crippen molar-refractivity contribution in [1.82, 2.24) is 5.32 Å². The van der Waals surface area contributed by atoms with Gasteiger partial charge in [0.2, 0.25) is 0 Å². The first-order chi connectivity index (χ1) is 5.77. The highest BCUT2D eigenvalue weighted by Crippen LogP contribution is 2.16. The Morgan fingerprint density at radius 3 is 2.75 bits per heavy atom. The molecule has 0 aromatic heterocycles. The topological polar surface area (TPSA) is 36.8 Å². The van der Waals surface area contributed by atoms with Gasteiger partial charge >= 0.3 is 0 Å². The van der Waals surface area contributed by atoms with Gasteiger partial charge in [0.1, 0.15) is 6.17 Å². The summed E-state index contributed by atoms with van der Waals surface area (Å²) in [5.41, 5.74) is 2.44. The molecule has 2 heterocycles. The summed E-state index contributed by atoms with van der Waals surface area (Å²) in [5, 5.41) is 3.30. The standard InChI is InChI=1S/C9H15N3/c1-6(2)9-11-7-3-4-10-5-8(7)12-9/h6,9-10H,3-5H2,1-2H3. The summed E-state index contributed by atoms with van der Waals surface area (Å²) in [4.78, 5) is 9.14. The van der Waals surface area contributed by atoms with Crippen LogP contribution in [0, 0.1) is 5.92 Å². The molecule has 2 aliphatic rings. The molecule has 1 atom stereocenters. The molecule has 12 heavy (non-hydrogen) atoms. The first-order valence-electron chi connectivity index (χ1n) is 4.62. The lowest BCUT2D eigenvalue weighted by molar-refractivity contribution is 0.520. The van der Waals surface area contributed by atoms with Crippen LogP contribution in [0.3, 0.4) is 0 Å². The van der Waals surface area contributed by atoms with E-state index in [-0.39, 0.29) is 6.17 Å². The summed E-state index contributed by atoms with van der Waals surface area (Å²) in [6.07, 6.45) is 1.26. The highest BCUT2D eigenvalue weighted by Gasteiger charge is 2.24. The van der Waals surface area contributed by atoms with Gasteiger partial charge in [-0.15, -0.1) is 0 Å². The van der Waals surface area contributed by atoms with E-state index in [0.29, 0.717) is 5.92 Å². The maximum atomic E-state index is 4.58. The zero-order chi connectivity index (χ0) is 8.55. The van der Waals surface area contributed by atoms with Gasteiger partial charge in [-0.25, -0.2) is 0 Å². The van der Waals surface area contributed by atoms with Gasteiger partial charge in [0.15, 0.2) is 0 Å². The fraction of sp³-hybridized carbons (Fsp3) is 0.778. The van der Waals surface area contributed by atoms with E-state index in [2.05, 4.69) is 29.1 Å². The molecule has 0 saturated carbocycles. The van der Waals surface area contributed by atoms with E-state index in [4.69, 9.17) is 0 Å². The molecular formula is C9H15N3. The number of piperidine rings is 1. The molecule has 2 aliphatic heterocycles. The summed E-state index contributed by atoms with van der Waals surface area (Å²) in [5.74, 6) is 0.538. The van der Waals surface area contributed by atoms with Crippen molar-refractivity contribution < 1.29 is 0 Å². The fourth-order valence-corrected chi connectivity index (χ4v) is 1.57. The van der Waals surface area contributed by atoms with Gasteiger partial charge in [-0.2, -0.15) is 0 Å². The smallest absolute Gasteiger partial charge is 0.142 e. The minimum atomic E-state index is 0.204. The van der Waals surface area contributed by atoms with Crippen LogP contribution in [0.1, 0.15) is 20.3 Å². The van der Waals surface area contributed by atoms with Gasteiger partial charge in [0.05, 0.1) is 11.4 Å². The molecule has 0 aromatic rings. The molecule has 3 nitrogen and oxygen atoms in total. The van der Waals surface area contributed by atoms with E-state index in [9.17, 15) is 0 Å². The average molecular weight is 165 g/mol. The SMILES string of the molecule is CC(C)C1N=C2CCNCC2=N1. The minimum absolute atomic E-state index is 0.204. The molecule has 1 saturated heterocycles. The highest BCUT2D eigenvalue weighted by atomic mass is 15.1. The van der Waals surface area contributed by atoms with Gasteiger partial charge < -0.3 is 5.32 Å². The van der Waals surface area contributed by atoms with Crippen LogP contribution in [0.4, 0.5) is 0 Å². The lowest BCUT2D eigenvalue weighted by atomic mass is 10.1. The molecule has 2 rings (SSSR count). The molecule has 3 heteroatoms. The van der Waals surface area contributed by atoms with E-state index >= 15 is 0 Å². The van der Waals surface area contributed by atoms with Crippen LogP contribution in [0.5, 0.6) is 0 Å². The lowest BCUT2D eigenvalue weighted by Gasteiger charge is -2.12. The van der Waals surface area contributed by atoms with E-state index in [1.807, 2.05) is 0 Å². The maximum Gasteiger partial charge on any atom is 0.142 e. The van der Waals surface area contributed by atoms with E-state index in [1.54, 1.807) is 0 Å². The number of aliphatic imine (C=N–C) groups is 2. The molecular weight excluding hydrogens is 150 g/mol. The Kier molecular flexibility index (Phi) is 1.97. The zero-order valence-corrected chi connectivity index (χ0v) is 7.67. The Morgan fingerprint density at radius 2 is 2.08 bits per heavy atom. The predicted octanol–water partition coefficient (Wildman–Crippen LogP) is 0.857. The van der Waals surface area contributed by atoms with Crippen LogP contribution in [0.2, 0.25) is 0 Å². The minimum Gasteiger partial charge on any atom is -0.311 e. The lowest BCUT2D eigenvalue weighted by Crippen LogP contribution is -2.35. The Morgan fingerprint density at radius 1 is 1.33 bits per heavy atom. The second-order valence-corrected chi connectivity index (χ2v) is 3.74. The largest absolute Gasteiger partial charge is 0.311 e. The van der Waals surface area contributed by atoms with Gasteiger partial charge in [-0.05, 0) is 5.92 Å². The third-order valence-electron chi connectivity index (χ3n) is 2.34. The van der Waals surface area contributed by atoms with Crippen molar-refractivity contribution >= 4 is 11.4 Å². The number of rotatable bonds is 1. The van der Waals surface area contributed by atoms with Crippen LogP contribution in [0.15, 0.2) is 9.98 Å². The monoisotopic (exact) mass is 165 g/mol. The Bertz CT molecular complexity index is 218. The van der Waals surface area contributed by atoms with Crippen molar-refractivity contribution in [1.29, 1.82) is 0 Å². The second-order valence-electron chi connectivity index (χ2n) is 3.74. The van der Waals surface area contributed by atoms with Crippen LogP contribution in [-0.2, 0) is 0 Å². The molecule has 0 spiro atoms. The van der Waals surface area contributed by atoms with E-state index in [1.165, 1.54) is 11.4 Å². The maximum absolute atomic E-state index is 4.58. The van der Waals surface area contributed by atoms with Crippen LogP contribution in [-0.4, -0.2) is 30.7 Å². The van der Waals surface area contributed by atoms with Gasteiger partial charge in [0.25, 0.3) is 0 Å². The first-order valence-corrected chi connectivity index (χ1v) is 4.62. The summed E-state index contributed by atoms with van der Waals surface area (Å²) in [7, 11) is 0. The molecule has 1 N–H and O–H groups in total. The van der Waals surface area contributed by atoms with Gasteiger partial charge in [-0.1, -0.05) is 13.8 Å². The number of fused-ring (bicyclic) bond motifs is 1. The summed E-state index contributed by atoms with van der Waals surface area (Å²) < 4.78 is 0. The van der Waals surface area contributed by atoms with Crippen LogP contribution >= 0.6 is 0 Å². The molecule has 0 aliphatic carbocycles. The fourth-order valence-electron chi connectivity index (χ4n) is 1.57. The third-order valence-corrected chi connectivity index (χ3v) is 2.34. The summed E-state index contributed by atoms with van der Waals surface area (Å²) >= 11 is 0. The molecule has 0 aromatic carbocycles. The number of nitrogens with zero attached hydrogens (tertiary/aromatic N) is 2. The van der Waals surface area contributed by atoms with Gasteiger partial charge in [0, 0.05) is 19.5 Å². The Balaban J connectivity index is 2.17. The molecule has 1 fully saturated rings. The Labute approximate surface area is 73.0 Å². The molecule has 1 unspecified atom stereocenters. The molecule has 0 bridgehead atoms. The van der Waals surface area contributed by atoms with Crippen molar-refractivity contribution in [3.8, 4) is 0 Å². The van der Waals surface area contributed by atoms with Crippen molar-refractivity contribution in [3.63, 3.8) is 0 Å². The zero-order valence-electron chi connectivity index (χ0n) is 7.67. The van der Waals surface area contributed by atoms with Crippen LogP contribution < -0.4 is 5.32 Å². The van der Waals surface area contributed by atoms with E-state index < -0.39 is 0 Å². The highest BCUT2D eigenvalue weighted by molar-refractivity contribution is 6.44. The summed E-state index contributed by atoms with van der Waals surface area (Å²) in [6.45, 7) is 6.32. The second kappa shape index (κ2) is 2.98. The quantitative estimate of drug-likeness (QED) is 0.614. The Hall–Kier alpha value is -0.700. The molecule has 66 valence electrons. The third kappa shape index (κ3) is 1.29. The predicted molar refractivity (Wildman–Crippen MR) is 51.0 cm³/mol.